The third kappa shape index (κ3) is 12.1. The van der Waals surface area contributed by atoms with E-state index >= 15 is 0 Å². The van der Waals surface area contributed by atoms with Crippen LogP contribution in [0.5, 0.6) is 0 Å². The normalized spacial score (nSPS) is 8.88. The average molecular weight is 239 g/mol. The maximum atomic E-state index is 11.0. The van der Waals surface area contributed by atoms with Crippen molar-refractivity contribution in [2.75, 3.05) is 26.2 Å². The molecular formula is C11H17N3O3. The third-order valence-corrected chi connectivity index (χ3v) is 1.97. The lowest BCUT2D eigenvalue weighted by Gasteiger charge is -2.04. The molecule has 0 aromatic rings. The number of hydrogen-bond acceptors (Lipinski definition) is 4. The number of unbranched alkanes of at least 4 members (excludes halogenated alkanes) is 3. The second-order valence-electron chi connectivity index (χ2n) is 3.33. The molecule has 0 unspecified atom stereocenters. The first-order valence-corrected chi connectivity index (χ1v) is 5.58. The number of hydrogen-bond donors (Lipinski definition) is 1. The van der Waals surface area contributed by atoms with E-state index in [1.165, 1.54) is 6.08 Å². The highest BCUT2D eigenvalue weighted by molar-refractivity contribution is 5.66. The monoisotopic (exact) mass is 239 g/mol. The number of nitrogens with one attached hydrogen (secondary N) is 1. The van der Waals surface area contributed by atoms with E-state index in [0.717, 1.165) is 25.7 Å². The molecule has 0 saturated carbocycles. The first-order chi connectivity index (χ1) is 8.31. The summed E-state index contributed by atoms with van der Waals surface area (Å²) in [4.78, 5) is 27.3. The lowest BCUT2D eigenvalue weighted by molar-refractivity contribution is 0.151. The molecule has 94 valence electrons. The van der Waals surface area contributed by atoms with E-state index in [1.54, 1.807) is 0 Å². The number of nitrogens with zero attached hydrogens (tertiary/aromatic N) is 2. The minimum atomic E-state index is -0.473. The Hall–Kier alpha value is -1.86. The number of rotatable bonds is 9. The Balaban J connectivity index is 3.19. The zero-order valence-corrected chi connectivity index (χ0v) is 9.78. The van der Waals surface area contributed by atoms with Crippen molar-refractivity contribution in [3.63, 3.8) is 0 Å². The maximum absolute atomic E-state index is 11.0. The van der Waals surface area contributed by atoms with Crippen molar-refractivity contribution < 1.29 is 14.3 Å². The van der Waals surface area contributed by atoms with Gasteiger partial charge in [-0.05, 0) is 12.8 Å². The molecule has 6 heteroatoms. The number of carbonyl (C=O) groups is 1. The van der Waals surface area contributed by atoms with Gasteiger partial charge in [0.2, 0.25) is 12.6 Å². The second kappa shape index (κ2) is 12.2. The predicted octanol–water partition coefficient (Wildman–Crippen LogP) is 1.53. The fraction of sp³-hybridized carbons (Fsp3) is 0.727. The maximum Gasteiger partial charge on any atom is 0.407 e. The van der Waals surface area contributed by atoms with E-state index in [4.69, 9.17) is 11.3 Å². The van der Waals surface area contributed by atoms with Gasteiger partial charge in [-0.25, -0.2) is 21.2 Å². The Morgan fingerprint density at radius 3 is 2.82 bits per heavy atom. The van der Waals surface area contributed by atoms with Crippen LogP contribution >= 0.6 is 0 Å². The highest BCUT2D eigenvalue weighted by atomic mass is 16.5. The topological polar surface area (TPSA) is 72.1 Å². The number of alkyl carbamates (subject to hydrolysis) is 1. The van der Waals surface area contributed by atoms with Crippen molar-refractivity contribution in [2.45, 2.75) is 25.7 Å². The molecule has 0 saturated heterocycles. The highest BCUT2D eigenvalue weighted by Crippen LogP contribution is 1.98. The Morgan fingerprint density at radius 1 is 1.35 bits per heavy atom. The molecule has 0 spiro atoms. The van der Waals surface area contributed by atoms with Gasteiger partial charge >= 0.3 is 6.09 Å². The molecule has 0 rings (SSSR count). The highest BCUT2D eigenvalue weighted by Gasteiger charge is 2.00. The number of amides is 1. The molecule has 0 bridgehead atoms. The summed E-state index contributed by atoms with van der Waals surface area (Å²) < 4.78 is 4.72. The molecule has 1 N–H and O–H groups in total. The summed E-state index contributed by atoms with van der Waals surface area (Å²) in [6.45, 7) is 7.91. The average Bonchev–Trinajstić information content (AvgIpc) is 2.33. The van der Waals surface area contributed by atoms with Crippen LogP contribution in [0.2, 0.25) is 0 Å². The van der Waals surface area contributed by atoms with E-state index in [0.29, 0.717) is 13.1 Å². The van der Waals surface area contributed by atoms with Crippen molar-refractivity contribution in [1.29, 1.82) is 0 Å². The van der Waals surface area contributed by atoms with Crippen LogP contribution < -0.4 is 5.32 Å². The van der Waals surface area contributed by atoms with Crippen LogP contribution in [0.15, 0.2) is 4.99 Å². The van der Waals surface area contributed by atoms with Crippen molar-refractivity contribution in [3.8, 4) is 0 Å². The van der Waals surface area contributed by atoms with Crippen LogP contribution in [-0.2, 0) is 9.53 Å². The molecule has 0 radical (unpaired) electrons. The molecule has 0 aromatic heterocycles. The van der Waals surface area contributed by atoms with E-state index in [-0.39, 0.29) is 13.2 Å². The van der Waals surface area contributed by atoms with Gasteiger partial charge in [-0.1, -0.05) is 12.8 Å². The Labute approximate surface area is 101 Å². The van der Waals surface area contributed by atoms with Gasteiger partial charge in [0.25, 0.3) is 0 Å². The minimum absolute atomic E-state index is 0.138. The lowest BCUT2D eigenvalue weighted by Crippen LogP contribution is -2.26. The number of ether oxygens (including phenoxy) is 1. The summed E-state index contributed by atoms with van der Waals surface area (Å²) in [6.07, 6.45) is 4.69. The summed E-state index contributed by atoms with van der Waals surface area (Å²) in [5.41, 5.74) is 0. The Kier molecular flexibility index (Phi) is 10.9. The van der Waals surface area contributed by atoms with Gasteiger partial charge < -0.3 is 14.9 Å². The van der Waals surface area contributed by atoms with Crippen LogP contribution in [-0.4, -0.2) is 38.4 Å². The molecule has 17 heavy (non-hydrogen) atoms. The number of carbonyl (C=O) groups excluding carboxylic acids is 2. The van der Waals surface area contributed by atoms with E-state index in [2.05, 4.69) is 15.2 Å². The van der Waals surface area contributed by atoms with Crippen LogP contribution in [0.25, 0.3) is 4.85 Å². The zero-order valence-electron chi connectivity index (χ0n) is 9.78. The number of isocyanates is 1. The third-order valence-electron chi connectivity index (χ3n) is 1.97. The van der Waals surface area contributed by atoms with E-state index < -0.39 is 6.09 Å². The number of aliphatic imine (C=N–C) groups is 1. The summed E-state index contributed by atoms with van der Waals surface area (Å²) in [7, 11) is 0. The fourth-order valence-electron chi connectivity index (χ4n) is 1.14. The summed E-state index contributed by atoms with van der Waals surface area (Å²) in [5, 5.41) is 2.59. The summed E-state index contributed by atoms with van der Waals surface area (Å²) in [6, 6.07) is 0. The van der Waals surface area contributed by atoms with Gasteiger partial charge in [0.15, 0.2) is 6.61 Å². The molecule has 0 aromatic carbocycles. The van der Waals surface area contributed by atoms with Crippen molar-refractivity contribution in [3.05, 3.63) is 11.4 Å². The molecule has 6 nitrogen and oxygen atoms in total. The molecule has 0 atom stereocenters. The van der Waals surface area contributed by atoms with E-state index in [1.807, 2.05) is 0 Å². The van der Waals surface area contributed by atoms with Crippen molar-refractivity contribution in [1.82, 2.24) is 5.32 Å². The van der Waals surface area contributed by atoms with Gasteiger partial charge in [-0.3, -0.25) is 0 Å². The van der Waals surface area contributed by atoms with E-state index in [9.17, 15) is 9.59 Å². The van der Waals surface area contributed by atoms with Gasteiger partial charge in [0, 0.05) is 6.54 Å². The van der Waals surface area contributed by atoms with Crippen molar-refractivity contribution >= 4 is 12.2 Å². The van der Waals surface area contributed by atoms with Crippen molar-refractivity contribution in [2.24, 2.45) is 4.99 Å². The summed E-state index contributed by atoms with van der Waals surface area (Å²) >= 11 is 0. The molecule has 0 aliphatic carbocycles. The summed E-state index contributed by atoms with van der Waals surface area (Å²) in [5.74, 6) is 0. The molecule has 0 aliphatic heterocycles. The first-order valence-electron chi connectivity index (χ1n) is 5.58. The molecule has 0 aliphatic rings. The molecular weight excluding hydrogens is 222 g/mol. The quantitative estimate of drug-likeness (QED) is 0.287. The molecule has 0 heterocycles. The Bertz CT molecular complexity index is 293. The molecule has 1 amide bonds. The first kappa shape index (κ1) is 15.1. The van der Waals surface area contributed by atoms with Crippen LogP contribution in [0.3, 0.4) is 0 Å². The second-order valence-corrected chi connectivity index (χ2v) is 3.33. The zero-order chi connectivity index (χ0) is 12.8. The molecule has 0 fully saturated rings. The smallest absolute Gasteiger partial charge is 0.407 e. The minimum Gasteiger partial charge on any atom is -0.442 e. The largest absolute Gasteiger partial charge is 0.442 e. The lowest BCUT2D eigenvalue weighted by atomic mass is 10.2. The van der Waals surface area contributed by atoms with Gasteiger partial charge in [-0.2, -0.15) is 0 Å². The van der Waals surface area contributed by atoms with Crippen LogP contribution in [0.4, 0.5) is 4.79 Å². The van der Waals surface area contributed by atoms with Gasteiger partial charge in [0.1, 0.15) is 0 Å². The standard InChI is InChI=1S/C11H17N3O3/c1-12-8-9-17-11(16)14-7-5-3-2-4-6-13-10-15/h2-9H2,(H,14,16). The predicted molar refractivity (Wildman–Crippen MR) is 62.3 cm³/mol. The van der Waals surface area contributed by atoms with Crippen LogP contribution in [0.1, 0.15) is 25.7 Å². The van der Waals surface area contributed by atoms with Gasteiger partial charge in [0.05, 0.1) is 6.54 Å². The fourth-order valence-corrected chi connectivity index (χ4v) is 1.14. The van der Waals surface area contributed by atoms with Crippen LogP contribution in [0, 0.1) is 6.57 Å². The van der Waals surface area contributed by atoms with Gasteiger partial charge in [-0.15, -0.1) is 0 Å². The Morgan fingerprint density at radius 2 is 2.12 bits per heavy atom. The SMILES string of the molecule is [C-]#[N+]CCOC(=O)NCCCCCCN=C=O.